The van der Waals surface area contributed by atoms with Crippen LogP contribution in [0, 0.1) is 0 Å². The molecule has 2 amide bonds. The summed E-state index contributed by atoms with van der Waals surface area (Å²) in [6.45, 7) is 3.96. The van der Waals surface area contributed by atoms with Crippen LogP contribution in [0.3, 0.4) is 0 Å². The maximum atomic E-state index is 13.6. The molecule has 0 aliphatic heterocycles. The van der Waals surface area contributed by atoms with Gasteiger partial charge in [-0.05, 0) is 37.1 Å². The van der Waals surface area contributed by atoms with E-state index in [2.05, 4.69) is 5.32 Å². The molecule has 0 aliphatic rings. The number of thioether (sulfide) groups is 1. The lowest BCUT2D eigenvalue weighted by atomic mass is 10.0. The van der Waals surface area contributed by atoms with E-state index in [0.717, 1.165) is 11.1 Å². The van der Waals surface area contributed by atoms with Crippen molar-refractivity contribution in [3.05, 3.63) is 106 Å². The molecule has 1 N–H and O–H groups in total. The highest BCUT2D eigenvalue weighted by Gasteiger charge is 2.31. The number of amides is 2. The van der Waals surface area contributed by atoms with Crippen molar-refractivity contribution in [1.82, 2.24) is 10.2 Å². The molecule has 0 radical (unpaired) electrons. The minimum absolute atomic E-state index is 0.0610. The molecule has 7 heteroatoms. The molecule has 0 saturated carbocycles. The normalized spacial score (nSPS) is 11.8. The van der Waals surface area contributed by atoms with Gasteiger partial charge >= 0.3 is 0 Å². The average Bonchev–Trinajstić information content (AvgIpc) is 2.83. The maximum Gasteiger partial charge on any atom is 0.243 e. The number of hydrogen-bond donors (Lipinski definition) is 1. The lowest BCUT2D eigenvalue weighted by Crippen LogP contribution is -2.52. The zero-order valence-electron chi connectivity index (χ0n) is 19.9. The Morgan fingerprint density at radius 1 is 0.857 bits per heavy atom. The predicted molar refractivity (Wildman–Crippen MR) is 147 cm³/mol. The van der Waals surface area contributed by atoms with Crippen LogP contribution < -0.4 is 5.32 Å². The summed E-state index contributed by atoms with van der Waals surface area (Å²) in [4.78, 5) is 28.6. The molecular weight excluding hydrogens is 499 g/mol. The third-order valence-electron chi connectivity index (χ3n) is 5.43. The lowest BCUT2D eigenvalue weighted by molar-refractivity contribution is -0.139. The summed E-state index contributed by atoms with van der Waals surface area (Å²) in [7, 11) is 0. The van der Waals surface area contributed by atoms with Crippen molar-refractivity contribution in [1.29, 1.82) is 0 Å². The molecule has 0 bridgehead atoms. The minimum atomic E-state index is -0.711. The molecule has 4 nitrogen and oxygen atoms in total. The number of carbonyl (C=O) groups is 2. The standard InChI is InChI=1S/C28H30Cl2N2O2S/c1-20(2)31-28(34)26(16-21-10-5-3-6-11-21)32(17-23-24(29)14-9-15-25(23)30)27(33)19-35-18-22-12-7-4-8-13-22/h3-15,20,26H,16-19H2,1-2H3,(H,31,34). The van der Waals surface area contributed by atoms with Gasteiger partial charge in [0.15, 0.2) is 0 Å². The van der Waals surface area contributed by atoms with Gasteiger partial charge in [-0.15, -0.1) is 11.8 Å². The van der Waals surface area contributed by atoms with E-state index in [9.17, 15) is 9.59 Å². The molecule has 3 aromatic rings. The molecule has 0 aromatic heterocycles. The summed E-state index contributed by atoms with van der Waals surface area (Å²) in [5.74, 6) is 0.599. The maximum absolute atomic E-state index is 13.6. The molecule has 184 valence electrons. The molecule has 0 fully saturated rings. The lowest BCUT2D eigenvalue weighted by Gasteiger charge is -2.32. The Bertz CT molecular complexity index is 1090. The first kappa shape index (κ1) is 27.1. The average molecular weight is 530 g/mol. The van der Waals surface area contributed by atoms with Crippen molar-refractivity contribution >= 4 is 46.8 Å². The molecule has 35 heavy (non-hydrogen) atoms. The summed E-state index contributed by atoms with van der Waals surface area (Å²) >= 11 is 14.4. The SMILES string of the molecule is CC(C)NC(=O)C(Cc1ccccc1)N(Cc1c(Cl)cccc1Cl)C(=O)CSCc1ccccc1. The molecule has 3 rings (SSSR count). The first-order chi connectivity index (χ1) is 16.8. The van der Waals surface area contributed by atoms with Crippen LogP contribution in [0.5, 0.6) is 0 Å². The smallest absolute Gasteiger partial charge is 0.243 e. The fourth-order valence-electron chi connectivity index (χ4n) is 3.70. The van der Waals surface area contributed by atoms with Gasteiger partial charge in [-0.2, -0.15) is 0 Å². The van der Waals surface area contributed by atoms with Crippen LogP contribution in [0.4, 0.5) is 0 Å². The van der Waals surface area contributed by atoms with Crippen molar-refractivity contribution in [3.8, 4) is 0 Å². The topological polar surface area (TPSA) is 49.4 Å². The molecule has 3 aromatic carbocycles. The largest absolute Gasteiger partial charge is 0.352 e. The van der Waals surface area contributed by atoms with E-state index in [-0.39, 0.29) is 30.2 Å². The van der Waals surface area contributed by atoms with Crippen molar-refractivity contribution in [3.63, 3.8) is 0 Å². The van der Waals surface area contributed by atoms with Crippen LogP contribution in [0.2, 0.25) is 10.0 Å². The Labute approximate surface area is 222 Å². The van der Waals surface area contributed by atoms with E-state index >= 15 is 0 Å². The summed E-state index contributed by atoms with van der Waals surface area (Å²) in [6.07, 6.45) is 0.385. The fourth-order valence-corrected chi connectivity index (χ4v) is 5.09. The Kier molecular flexibility index (Phi) is 10.5. The van der Waals surface area contributed by atoms with Crippen LogP contribution in [-0.4, -0.2) is 34.6 Å². The highest BCUT2D eigenvalue weighted by atomic mass is 35.5. The zero-order chi connectivity index (χ0) is 25.2. The van der Waals surface area contributed by atoms with E-state index in [0.29, 0.717) is 27.8 Å². The molecule has 0 saturated heterocycles. The van der Waals surface area contributed by atoms with Crippen molar-refractivity contribution in [2.75, 3.05) is 5.75 Å². The number of hydrogen-bond acceptors (Lipinski definition) is 3. The van der Waals surface area contributed by atoms with Gasteiger partial charge in [0, 0.05) is 40.4 Å². The van der Waals surface area contributed by atoms with Crippen LogP contribution in [-0.2, 0) is 28.3 Å². The molecule has 0 spiro atoms. The van der Waals surface area contributed by atoms with Crippen molar-refractivity contribution < 1.29 is 9.59 Å². The van der Waals surface area contributed by atoms with Crippen molar-refractivity contribution in [2.45, 2.75) is 44.6 Å². The Balaban J connectivity index is 1.90. The highest BCUT2D eigenvalue weighted by molar-refractivity contribution is 7.99. The summed E-state index contributed by atoms with van der Waals surface area (Å²) < 4.78 is 0. The van der Waals surface area contributed by atoms with Gasteiger partial charge in [0.25, 0.3) is 0 Å². The number of halogens is 2. The van der Waals surface area contributed by atoms with E-state index in [1.165, 1.54) is 11.8 Å². The molecular formula is C28H30Cl2N2O2S. The van der Waals surface area contributed by atoms with Gasteiger partial charge in [0.1, 0.15) is 6.04 Å². The second-order valence-corrected chi connectivity index (χ2v) is 10.4. The summed E-state index contributed by atoms with van der Waals surface area (Å²) in [5.41, 5.74) is 2.74. The first-order valence-corrected chi connectivity index (χ1v) is 13.4. The Morgan fingerprint density at radius 2 is 1.43 bits per heavy atom. The van der Waals surface area contributed by atoms with E-state index in [4.69, 9.17) is 23.2 Å². The summed E-state index contributed by atoms with van der Waals surface area (Å²) in [6, 6.07) is 24.2. The van der Waals surface area contributed by atoms with Gasteiger partial charge in [-0.3, -0.25) is 9.59 Å². The number of carbonyl (C=O) groups excluding carboxylic acids is 2. The second kappa shape index (κ2) is 13.6. The van der Waals surface area contributed by atoms with Crippen LogP contribution >= 0.6 is 35.0 Å². The van der Waals surface area contributed by atoms with E-state index < -0.39 is 6.04 Å². The van der Waals surface area contributed by atoms with Crippen LogP contribution in [0.1, 0.15) is 30.5 Å². The third kappa shape index (κ3) is 8.31. The number of benzene rings is 3. The van der Waals surface area contributed by atoms with E-state index in [1.807, 2.05) is 74.5 Å². The van der Waals surface area contributed by atoms with Crippen LogP contribution in [0.15, 0.2) is 78.9 Å². The molecule has 0 aliphatic carbocycles. The second-order valence-electron chi connectivity index (χ2n) is 8.57. The Morgan fingerprint density at radius 3 is 2.00 bits per heavy atom. The Hall–Kier alpha value is -2.47. The summed E-state index contributed by atoms with van der Waals surface area (Å²) in [5, 5.41) is 3.92. The van der Waals surface area contributed by atoms with Gasteiger partial charge in [-0.25, -0.2) is 0 Å². The van der Waals surface area contributed by atoms with E-state index in [1.54, 1.807) is 23.1 Å². The van der Waals surface area contributed by atoms with Gasteiger partial charge in [0.2, 0.25) is 11.8 Å². The highest BCUT2D eigenvalue weighted by Crippen LogP contribution is 2.28. The molecule has 1 unspecified atom stereocenters. The zero-order valence-corrected chi connectivity index (χ0v) is 22.2. The van der Waals surface area contributed by atoms with Gasteiger partial charge < -0.3 is 10.2 Å². The third-order valence-corrected chi connectivity index (χ3v) is 7.13. The quantitative estimate of drug-likeness (QED) is 0.313. The molecule has 1 atom stereocenters. The first-order valence-electron chi connectivity index (χ1n) is 11.5. The number of rotatable bonds is 11. The predicted octanol–water partition coefficient (Wildman–Crippen LogP) is 6.39. The molecule has 0 heterocycles. The van der Waals surface area contributed by atoms with Crippen molar-refractivity contribution in [2.24, 2.45) is 0 Å². The van der Waals surface area contributed by atoms with Crippen LogP contribution in [0.25, 0.3) is 0 Å². The number of nitrogens with one attached hydrogen (secondary N) is 1. The van der Waals surface area contributed by atoms with Gasteiger partial charge in [0.05, 0.1) is 5.75 Å². The number of nitrogens with zero attached hydrogens (tertiary/aromatic N) is 1. The monoisotopic (exact) mass is 528 g/mol. The fraction of sp³-hybridized carbons (Fsp3) is 0.286. The minimum Gasteiger partial charge on any atom is -0.352 e. The van der Waals surface area contributed by atoms with Gasteiger partial charge in [-0.1, -0.05) is 89.9 Å².